The van der Waals surface area contributed by atoms with E-state index in [1.165, 1.54) is 19.2 Å². The van der Waals surface area contributed by atoms with Gasteiger partial charge in [-0.25, -0.2) is 4.98 Å². The summed E-state index contributed by atoms with van der Waals surface area (Å²) in [5.74, 6) is -1.03. The van der Waals surface area contributed by atoms with E-state index in [2.05, 4.69) is 6.58 Å². The average Bonchev–Trinajstić information content (AvgIpc) is 2.85. The van der Waals surface area contributed by atoms with E-state index in [0.717, 1.165) is 34.0 Å². The molecule has 4 aromatic rings. The lowest BCUT2D eigenvalue weighted by Crippen LogP contribution is -2.15. The van der Waals surface area contributed by atoms with E-state index in [1.54, 1.807) is 6.07 Å². The molecule has 0 radical (unpaired) electrons. The Bertz CT molecular complexity index is 1390. The molecule has 0 amide bonds. The van der Waals surface area contributed by atoms with Crippen molar-refractivity contribution in [2.75, 3.05) is 7.11 Å². The van der Waals surface area contributed by atoms with E-state index in [9.17, 15) is 18.0 Å². The van der Waals surface area contributed by atoms with Gasteiger partial charge >= 0.3 is 12.1 Å². The van der Waals surface area contributed by atoms with Crippen LogP contribution < -0.4 is 0 Å². The van der Waals surface area contributed by atoms with Crippen LogP contribution in [0.1, 0.15) is 30.4 Å². The zero-order chi connectivity index (χ0) is 25.2. The highest BCUT2D eigenvalue weighted by molar-refractivity contribution is 5.87. The third kappa shape index (κ3) is 5.43. The van der Waals surface area contributed by atoms with Crippen LogP contribution in [0.3, 0.4) is 0 Å². The summed E-state index contributed by atoms with van der Waals surface area (Å²) < 4.78 is 44.3. The number of nitrogens with zero attached hydrogens (tertiary/aromatic N) is 1. The Hall–Kier alpha value is -3.93. The SMILES string of the molecule is C=C(C)CC(C(=O)OC)c1cc(-c2ccc(C(F)(F)F)cc2)nc(-c2ccc3ccccc3c2)c1. The minimum Gasteiger partial charge on any atom is -0.469 e. The van der Waals surface area contributed by atoms with E-state index in [-0.39, 0.29) is 0 Å². The third-order valence-corrected chi connectivity index (χ3v) is 5.84. The molecule has 35 heavy (non-hydrogen) atoms. The molecule has 0 aliphatic heterocycles. The van der Waals surface area contributed by atoms with Crippen LogP contribution in [0.15, 0.2) is 91.0 Å². The maximum absolute atomic E-state index is 13.1. The number of esters is 1. The molecule has 0 saturated carbocycles. The lowest BCUT2D eigenvalue weighted by atomic mass is 9.90. The molecule has 0 fully saturated rings. The molecular weight excluding hydrogens is 451 g/mol. The number of allylic oxidation sites excluding steroid dienone is 1. The third-order valence-electron chi connectivity index (χ3n) is 5.84. The van der Waals surface area contributed by atoms with Crippen molar-refractivity contribution in [3.63, 3.8) is 0 Å². The number of rotatable bonds is 6. The van der Waals surface area contributed by atoms with E-state index in [4.69, 9.17) is 9.72 Å². The zero-order valence-electron chi connectivity index (χ0n) is 19.4. The number of carbonyl (C=O) groups is 1. The van der Waals surface area contributed by atoms with Crippen molar-refractivity contribution in [3.05, 3.63) is 102 Å². The molecule has 1 heterocycles. The van der Waals surface area contributed by atoms with Gasteiger partial charge in [0.1, 0.15) is 0 Å². The molecule has 0 aliphatic carbocycles. The minimum atomic E-state index is -4.43. The number of hydrogen-bond acceptors (Lipinski definition) is 3. The van der Waals surface area contributed by atoms with Gasteiger partial charge in [-0.2, -0.15) is 13.2 Å². The number of hydrogen-bond donors (Lipinski definition) is 0. The first-order valence-corrected chi connectivity index (χ1v) is 11.1. The van der Waals surface area contributed by atoms with Crippen LogP contribution in [0.25, 0.3) is 33.3 Å². The van der Waals surface area contributed by atoms with Gasteiger partial charge in [0.25, 0.3) is 0 Å². The largest absolute Gasteiger partial charge is 0.469 e. The van der Waals surface area contributed by atoms with Gasteiger partial charge < -0.3 is 4.74 Å². The van der Waals surface area contributed by atoms with Crippen molar-refractivity contribution in [3.8, 4) is 22.5 Å². The highest BCUT2D eigenvalue weighted by Gasteiger charge is 2.30. The summed E-state index contributed by atoms with van der Waals surface area (Å²) in [6.45, 7) is 5.77. The first kappa shape index (κ1) is 24.2. The van der Waals surface area contributed by atoms with Crippen molar-refractivity contribution < 1.29 is 22.7 Å². The van der Waals surface area contributed by atoms with Crippen molar-refractivity contribution in [2.24, 2.45) is 0 Å². The van der Waals surface area contributed by atoms with Gasteiger partial charge in [0, 0.05) is 11.1 Å². The monoisotopic (exact) mass is 475 g/mol. The molecule has 0 bridgehead atoms. The second kappa shape index (κ2) is 9.74. The van der Waals surface area contributed by atoms with Gasteiger partial charge in [-0.15, -0.1) is 6.58 Å². The number of methoxy groups -OCH3 is 1. The molecule has 6 heteroatoms. The van der Waals surface area contributed by atoms with Gasteiger partial charge in [-0.05, 0) is 60.0 Å². The fraction of sp³-hybridized carbons (Fsp3) is 0.172. The summed E-state index contributed by atoms with van der Waals surface area (Å²) in [6.07, 6.45) is -4.05. The van der Waals surface area contributed by atoms with Gasteiger partial charge in [0.05, 0.1) is 30.0 Å². The van der Waals surface area contributed by atoms with Crippen LogP contribution in [0.5, 0.6) is 0 Å². The zero-order valence-corrected chi connectivity index (χ0v) is 19.4. The Morgan fingerprint density at radius 3 is 2.11 bits per heavy atom. The number of carbonyl (C=O) groups excluding carboxylic acids is 1. The van der Waals surface area contributed by atoms with Gasteiger partial charge in [0.15, 0.2) is 0 Å². The number of aromatic nitrogens is 1. The number of halogens is 3. The summed E-state index contributed by atoms with van der Waals surface area (Å²) in [7, 11) is 1.33. The Morgan fingerprint density at radius 2 is 1.51 bits per heavy atom. The van der Waals surface area contributed by atoms with E-state index in [1.807, 2.05) is 55.5 Å². The Morgan fingerprint density at radius 1 is 0.914 bits per heavy atom. The van der Waals surface area contributed by atoms with Crippen molar-refractivity contribution >= 4 is 16.7 Å². The minimum absolute atomic E-state index is 0.375. The summed E-state index contributed by atoms with van der Waals surface area (Å²) >= 11 is 0. The Balaban J connectivity index is 1.89. The average molecular weight is 476 g/mol. The van der Waals surface area contributed by atoms with Crippen molar-refractivity contribution in [1.29, 1.82) is 0 Å². The molecule has 0 spiro atoms. The summed E-state index contributed by atoms with van der Waals surface area (Å²) in [5.41, 5.74) is 3.16. The van der Waals surface area contributed by atoms with Crippen LogP contribution in [0.4, 0.5) is 13.2 Å². The number of alkyl halides is 3. The predicted octanol–water partition coefficient (Wildman–Crippen LogP) is 7.81. The molecule has 3 aromatic carbocycles. The molecule has 0 aliphatic rings. The summed E-state index contributed by atoms with van der Waals surface area (Å²) in [5, 5.41) is 2.10. The van der Waals surface area contributed by atoms with Crippen LogP contribution in [-0.4, -0.2) is 18.1 Å². The predicted molar refractivity (Wildman–Crippen MR) is 132 cm³/mol. The van der Waals surface area contributed by atoms with Crippen LogP contribution in [0, 0.1) is 0 Å². The molecule has 4 rings (SSSR count). The first-order chi connectivity index (χ1) is 16.7. The van der Waals surface area contributed by atoms with Gasteiger partial charge in [-0.3, -0.25) is 4.79 Å². The van der Waals surface area contributed by atoms with Crippen molar-refractivity contribution in [2.45, 2.75) is 25.4 Å². The smallest absolute Gasteiger partial charge is 0.416 e. The molecular formula is C29H24F3NO2. The molecule has 3 nitrogen and oxygen atoms in total. The quantitative estimate of drug-likeness (QED) is 0.211. The van der Waals surface area contributed by atoms with E-state index >= 15 is 0 Å². The lowest BCUT2D eigenvalue weighted by Gasteiger charge is -2.18. The number of fused-ring (bicyclic) bond motifs is 1. The molecule has 0 N–H and O–H groups in total. The number of pyridine rings is 1. The Kier molecular flexibility index (Phi) is 6.74. The highest BCUT2D eigenvalue weighted by Crippen LogP contribution is 2.34. The van der Waals surface area contributed by atoms with Crippen LogP contribution in [-0.2, 0) is 15.7 Å². The molecule has 0 saturated heterocycles. The maximum Gasteiger partial charge on any atom is 0.416 e. The fourth-order valence-electron chi connectivity index (χ4n) is 4.06. The number of benzene rings is 3. The van der Waals surface area contributed by atoms with E-state index in [0.29, 0.717) is 28.9 Å². The van der Waals surface area contributed by atoms with Crippen LogP contribution >= 0.6 is 0 Å². The second-order valence-electron chi connectivity index (χ2n) is 8.54. The highest BCUT2D eigenvalue weighted by atomic mass is 19.4. The fourth-order valence-corrected chi connectivity index (χ4v) is 4.06. The summed E-state index contributed by atoms with van der Waals surface area (Å²) in [6, 6.07) is 22.3. The van der Waals surface area contributed by atoms with E-state index < -0.39 is 23.6 Å². The first-order valence-electron chi connectivity index (χ1n) is 11.1. The maximum atomic E-state index is 13.1. The second-order valence-corrected chi connectivity index (χ2v) is 8.54. The van der Waals surface area contributed by atoms with Gasteiger partial charge in [0.2, 0.25) is 0 Å². The molecule has 1 atom stereocenters. The molecule has 178 valence electrons. The Labute approximate surface area is 201 Å². The van der Waals surface area contributed by atoms with Gasteiger partial charge in [-0.1, -0.05) is 54.1 Å². The summed E-state index contributed by atoms with van der Waals surface area (Å²) in [4.78, 5) is 17.4. The topological polar surface area (TPSA) is 39.2 Å². The number of ether oxygens (including phenoxy) is 1. The normalized spacial score (nSPS) is 12.4. The molecule has 1 unspecified atom stereocenters. The lowest BCUT2D eigenvalue weighted by molar-refractivity contribution is -0.142. The standard InChI is InChI=1S/C29H24F3NO2/c1-18(2)14-25(28(34)35-3)23-16-26(20-10-12-24(13-11-20)29(30,31)32)33-27(17-23)22-9-8-19-6-4-5-7-21(19)15-22/h4-13,15-17,25H,1,14H2,2-3H3. The van der Waals surface area contributed by atoms with Crippen LogP contribution in [0.2, 0.25) is 0 Å². The molecule has 1 aromatic heterocycles. The van der Waals surface area contributed by atoms with Crippen molar-refractivity contribution in [1.82, 2.24) is 4.98 Å².